The smallest absolute Gasteiger partial charge is 0.224 e. The van der Waals surface area contributed by atoms with Crippen molar-refractivity contribution >= 4 is 21.4 Å². The first-order valence-electron chi connectivity index (χ1n) is 5.52. The van der Waals surface area contributed by atoms with Gasteiger partial charge in [-0.05, 0) is 30.7 Å². The lowest BCUT2D eigenvalue weighted by molar-refractivity contribution is -0.116. The van der Waals surface area contributed by atoms with E-state index in [0.29, 0.717) is 17.9 Å². The third-order valence-electron chi connectivity index (χ3n) is 2.29. The Labute approximate surface area is 107 Å². The number of anilines is 1. The third kappa shape index (κ3) is 5.67. The molecule has 0 radical (unpaired) electrons. The summed E-state index contributed by atoms with van der Waals surface area (Å²) >= 11 is 0. The molecule has 5 nitrogen and oxygen atoms in total. The average Bonchev–Trinajstić information content (AvgIpc) is 2.28. The molecular formula is C12H17NO4S. The molecule has 18 heavy (non-hydrogen) atoms. The van der Waals surface area contributed by atoms with Crippen molar-refractivity contribution in [1.29, 1.82) is 0 Å². The van der Waals surface area contributed by atoms with Gasteiger partial charge in [-0.2, -0.15) is 0 Å². The van der Waals surface area contributed by atoms with Gasteiger partial charge < -0.3 is 10.1 Å². The van der Waals surface area contributed by atoms with Gasteiger partial charge in [0.05, 0.1) is 12.9 Å². The van der Waals surface area contributed by atoms with Gasteiger partial charge in [-0.15, -0.1) is 0 Å². The van der Waals surface area contributed by atoms with Crippen molar-refractivity contribution < 1.29 is 17.9 Å². The Morgan fingerprint density at radius 3 is 2.39 bits per heavy atom. The summed E-state index contributed by atoms with van der Waals surface area (Å²) in [5.74, 6) is 0.553. The molecule has 0 saturated carbocycles. The van der Waals surface area contributed by atoms with Crippen molar-refractivity contribution in [2.45, 2.75) is 12.8 Å². The Hall–Kier alpha value is -1.56. The number of carbonyl (C=O) groups excluding carboxylic acids is 1. The Kier molecular flexibility index (Phi) is 5.15. The summed E-state index contributed by atoms with van der Waals surface area (Å²) in [7, 11) is -1.43. The molecule has 100 valence electrons. The van der Waals surface area contributed by atoms with Crippen LogP contribution in [0.15, 0.2) is 24.3 Å². The number of hydrogen-bond acceptors (Lipinski definition) is 4. The molecule has 6 heteroatoms. The highest BCUT2D eigenvalue weighted by Crippen LogP contribution is 2.15. The lowest BCUT2D eigenvalue weighted by atomic mass is 10.2. The maximum atomic E-state index is 11.5. The first kappa shape index (κ1) is 14.5. The van der Waals surface area contributed by atoms with Crippen molar-refractivity contribution in [3.05, 3.63) is 24.3 Å². The van der Waals surface area contributed by atoms with Crippen LogP contribution in [0, 0.1) is 0 Å². The molecule has 0 aliphatic heterocycles. The summed E-state index contributed by atoms with van der Waals surface area (Å²) in [5.41, 5.74) is 0.667. The number of nitrogens with one attached hydrogen (secondary N) is 1. The first-order valence-corrected chi connectivity index (χ1v) is 7.58. The zero-order valence-corrected chi connectivity index (χ0v) is 11.3. The number of ether oxygens (including phenoxy) is 1. The van der Waals surface area contributed by atoms with Crippen molar-refractivity contribution in [2.75, 3.05) is 24.4 Å². The summed E-state index contributed by atoms with van der Waals surface area (Å²) in [4.78, 5) is 11.5. The topological polar surface area (TPSA) is 72.5 Å². The van der Waals surface area contributed by atoms with E-state index in [9.17, 15) is 13.2 Å². The van der Waals surface area contributed by atoms with Gasteiger partial charge in [0.15, 0.2) is 0 Å². The first-order chi connectivity index (χ1) is 8.40. The molecule has 0 aliphatic carbocycles. The molecule has 0 bridgehead atoms. The minimum Gasteiger partial charge on any atom is -0.497 e. The molecule has 1 aromatic carbocycles. The lowest BCUT2D eigenvalue weighted by Gasteiger charge is -2.06. The van der Waals surface area contributed by atoms with Crippen LogP contribution in [0.2, 0.25) is 0 Å². The van der Waals surface area contributed by atoms with E-state index in [2.05, 4.69) is 5.32 Å². The number of rotatable bonds is 6. The van der Waals surface area contributed by atoms with Gasteiger partial charge in [-0.3, -0.25) is 4.79 Å². The molecule has 1 aromatic rings. The summed E-state index contributed by atoms with van der Waals surface area (Å²) in [6.45, 7) is 0. The van der Waals surface area contributed by atoms with Crippen LogP contribution in [-0.2, 0) is 14.6 Å². The van der Waals surface area contributed by atoms with E-state index in [4.69, 9.17) is 4.74 Å². The molecule has 0 fully saturated rings. The molecule has 0 aromatic heterocycles. The Morgan fingerprint density at radius 1 is 1.28 bits per heavy atom. The van der Waals surface area contributed by atoms with E-state index >= 15 is 0 Å². The molecular weight excluding hydrogens is 254 g/mol. The van der Waals surface area contributed by atoms with Crippen LogP contribution in [-0.4, -0.2) is 33.4 Å². The second-order valence-electron chi connectivity index (χ2n) is 4.01. The minimum absolute atomic E-state index is 0.0308. The van der Waals surface area contributed by atoms with Crippen molar-refractivity contribution in [1.82, 2.24) is 0 Å². The van der Waals surface area contributed by atoms with E-state index in [1.165, 1.54) is 0 Å². The van der Waals surface area contributed by atoms with Crippen LogP contribution in [0.25, 0.3) is 0 Å². The van der Waals surface area contributed by atoms with E-state index in [-0.39, 0.29) is 18.1 Å². The molecule has 1 N–H and O–H groups in total. The molecule has 1 rings (SSSR count). The van der Waals surface area contributed by atoms with E-state index in [1.807, 2.05) is 0 Å². The molecule has 0 saturated heterocycles. The fourth-order valence-electron chi connectivity index (χ4n) is 1.39. The predicted octanol–water partition coefficient (Wildman–Crippen LogP) is 1.46. The maximum absolute atomic E-state index is 11.5. The zero-order chi connectivity index (χ0) is 13.6. The number of methoxy groups -OCH3 is 1. The largest absolute Gasteiger partial charge is 0.497 e. The zero-order valence-electron chi connectivity index (χ0n) is 10.5. The highest BCUT2D eigenvalue weighted by Gasteiger charge is 2.06. The highest BCUT2D eigenvalue weighted by molar-refractivity contribution is 7.90. The Morgan fingerprint density at radius 2 is 1.89 bits per heavy atom. The fourth-order valence-corrected chi connectivity index (χ4v) is 2.06. The molecule has 1 amide bonds. The number of sulfone groups is 1. The fraction of sp³-hybridized carbons (Fsp3) is 0.417. The van der Waals surface area contributed by atoms with Crippen LogP contribution in [0.5, 0.6) is 5.75 Å². The lowest BCUT2D eigenvalue weighted by Crippen LogP contribution is -2.13. The molecule has 0 spiro atoms. The summed E-state index contributed by atoms with van der Waals surface area (Å²) in [6.07, 6.45) is 1.69. The summed E-state index contributed by atoms with van der Waals surface area (Å²) < 4.78 is 26.8. The van der Waals surface area contributed by atoms with E-state index in [0.717, 1.165) is 6.26 Å². The normalized spacial score (nSPS) is 11.0. The Balaban J connectivity index is 2.39. The number of carbonyl (C=O) groups is 1. The maximum Gasteiger partial charge on any atom is 0.224 e. The summed E-state index contributed by atoms with van der Waals surface area (Å²) in [6, 6.07) is 6.94. The molecule has 0 unspecified atom stereocenters. The van der Waals surface area contributed by atoms with Gasteiger partial charge in [-0.25, -0.2) is 8.42 Å². The van der Waals surface area contributed by atoms with Crippen molar-refractivity contribution in [3.8, 4) is 5.75 Å². The molecule has 0 heterocycles. The van der Waals surface area contributed by atoms with Gasteiger partial charge in [0.1, 0.15) is 15.6 Å². The van der Waals surface area contributed by atoms with Crippen LogP contribution < -0.4 is 10.1 Å². The predicted molar refractivity (Wildman–Crippen MR) is 70.6 cm³/mol. The van der Waals surface area contributed by atoms with Gasteiger partial charge in [0, 0.05) is 18.4 Å². The quantitative estimate of drug-likeness (QED) is 0.850. The van der Waals surface area contributed by atoms with Crippen molar-refractivity contribution in [3.63, 3.8) is 0 Å². The van der Waals surface area contributed by atoms with Crippen LogP contribution in [0.1, 0.15) is 12.8 Å². The van der Waals surface area contributed by atoms with Gasteiger partial charge in [-0.1, -0.05) is 0 Å². The van der Waals surface area contributed by atoms with Crippen LogP contribution in [0.3, 0.4) is 0 Å². The second-order valence-corrected chi connectivity index (χ2v) is 6.27. The average molecular weight is 271 g/mol. The standard InChI is InChI=1S/C12H17NO4S/c1-17-11-7-5-10(6-8-11)13-12(14)4-3-9-18(2,15)16/h5-8H,3-4,9H2,1-2H3,(H,13,14). The SMILES string of the molecule is COc1ccc(NC(=O)CCCS(C)(=O)=O)cc1. The van der Waals surface area contributed by atoms with Crippen molar-refractivity contribution in [2.24, 2.45) is 0 Å². The number of benzene rings is 1. The number of hydrogen-bond donors (Lipinski definition) is 1. The van der Waals surface area contributed by atoms with Gasteiger partial charge >= 0.3 is 0 Å². The van der Waals surface area contributed by atoms with Gasteiger partial charge in [0.2, 0.25) is 5.91 Å². The summed E-state index contributed by atoms with van der Waals surface area (Å²) in [5, 5.41) is 2.69. The monoisotopic (exact) mass is 271 g/mol. The minimum atomic E-state index is -3.00. The Bertz CT molecular complexity index is 493. The van der Waals surface area contributed by atoms with Gasteiger partial charge in [0.25, 0.3) is 0 Å². The van der Waals surface area contributed by atoms with Crippen LogP contribution >= 0.6 is 0 Å². The van der Waals surface area contributed by atoms with E-state index < -0.39 is 9.84 Å². The second kappa shape index (κ2) is 6.39. The van der Waals surface area contributed by atoms with E-state index in [1.54, 1.807) is 31.4 Å². The van der Waals surface area contributed by atoms with Crippen LogP contribution in [0.4, 0.5) is 5.69 Å². The highest BCUT2D eigenvalue weighted by atomic mass is 32.2. The third-order valence-corrected chi connectivity index (χ3v) is 3.32. The molecule has 0 atom stereocenters. The number of amides is 1. The molecule has 0 aliphatic rings.